The highest BCUT2D eigenvalue weighted by atomic mass is 35.5. The van der Waals surface area contributed by atoms with Crippen molar-refractivity contribution < 1.29 is 18.3 Å². The average Bonchev–Trinajstić information content (AvgIpc) is 2.66. The Labute approximate surface area is 164 Å². The molecule has 0 aliphatic rings. The minimum Gasteiger partial charge on any atom is -0.384 e. The Bertz CT molecular complexity index is 965. The van der Waals surface area contributed by atoms with E-state index in [9.17, 15) is 18.3 Å². The third-order valence-electron chi connectivity index (χ3n) is 3.97. The second kappa shape index (κ2) is 7.73. The molecular formula is C19H16ClF3N4O. The predicted molar refractivity (Wildman–Crippen MR) is 99.8 cm³/mol. The maximum atomic E-state index is 13.2. The molecule has 3 rings (SSSR count). The summed E-state index contributed by atoms with van der Waals surface area (Å²) in [4.78, 5) is 11.7. The lowest BCUT2D eigenvalue weighted by atomic mass is 9.96. The van der Waals surface area contributed by atoms with Crippen LogP contribution in [0.3, 0.4) is 0 Å². The van der Waals surface area contributed by atoms with Gasteiger partial charge >= 0.3 is 6.18 Å². The van der Waals surface area contributed by atoms with Gasteiger partial charge in [0.1, 0.15) is 17.1 Å². The highest BCUT2D eigenvalue weighted by Crippen LogP contribution is 2.31. The lowest BCUT2D eigenvalue weighted by Gasteiger charge is -2.25. The van der Waals surface area contributed by atoms with E-state index in [0.29, 0.717) is 10.6 Å². The van der Waals surface area contributed by atoms with Gasteiger partial charge in [-0.3, -0.25) is 4.98 Å². The maximum absolute atomic E-state index is 13.2. The molecule has 0 saturated carbocycles. The van der Waals surface area contributed by atoms with Crippen LogP contribution in [0.4, 0.5) is 19.0 Å². The number of nitrogens with one attached hydrogen (secondary N) is 1. The Balaban J connectivity index is 1.91. The van der Waals surface area contributed by atoms with E-state index in [1.54, 1.807) is 36.4 Å². The second-order valence-corrected chi connectivity index (χ2v) is 6.75. The van der Waals surface area contributed by atoms with Crippen LogP contribution < -0.4 is 5.32 Å². The van der Waals surface area contributed by atoms with Crippen LogP contribution in [-0.2, 0) is 11.8 Å². The molecule has 1 atom stereocenters. The van der Waals surface area contributed by atoms with Crippen LogP contribution in [0.1, 0.15) is 18.2 Å². The zero-order chi connectivity index (χ0) is 20.4. The van der Waals surface area contributed by atoms with Crippen LogP contribution >= 0.6 is 11.6 Å². The smallest absolute Gasteiger partial charge is 0.384 e. The summed E-state index contributed by atoms with van der Waals surface area (Å²) in [5, 5.41) is 13.9. The summed E-state index contributed by atoms with van der Waals surface area (Å²) in [5.41, 5.74) is -1.77. The molecule has 28 heavy (non-hydrogen) atoms. The summed E-state index contributed by atoms with van der Waals surface area (Å²) >= 11 is 5.94. The van der Waals surface area contributed by atoms with E-state index in [4.69, 9.17) is 11.6 Å². The van der Waals surface area contributed by atoms with Crippen molar-refractivity contribution >= 4 is 17.4 Å². The van der Waals surface area contributed by atoms with Crippen molar-refractivity contribution in [2.24, 2.45) is 0 Å². The average molecular weight is 409 g/mol. The van der Waals surface area contributed by atoms with Crippen LogP contribution in [0.15, 0.2) is 54.7 Å². The van der Waals surface area contributed by atoms with Gasteiger partial charge in [0.05, 0.1) is 0 Å². The molecule has 0 bridgehead atoms. The number of pyridine rings is 1. The molecule has 0 radical (unpaired) electrons. The van der Waals surface area contributed by atoms with Crippen molar-refractivity contribution in [3.05, 3.63) is 71.0 Å². The minimum atomic E-state index is -4.65. The number of aromatic nitrogens is 3. The van der Waals surface area contributed by atoms with Crippen LogP contribution in [0, 0.1) is 0 Å². The van der Waals surface area contributed by atoms with Gasteiger partial charge < -0.3 is 10.4 Å². The molecular weight excluding hydrogens is 393 g/mol. The number of halogens is 4. The molecule has 1 aromatic carbocycles. The molecule has 2 N–H and O–H groups in total. The Morgan fingerprint density at radius 1 is 1.07 bits per heavy atom. The van der Waals surface area contributed by atoms with Gasteiger partial charge in [-0.25, -0.2) is 9.97 Å². The molecule has 2 aromatic heterocycles. The van der Waals surface area contributed by atoms with Gasteiger partial charge in [0.15, 0.2) is 11.5 Å². The fourth-order valence-corrected chi connectivity index (χ4v) is 2.67. The highest BCUT2D eigenvalue weighted by molar-refractivity contribution is 6.30. The van der Waals surface area contributed by atoms with Gasteiger partial charge in [0, 0.05) is 23.8 Å². The summed E-state index contributed by atoms with van der Waals surface area (Å²) < 4.78 is 39.7. The first-order valence-corrected chi connectivity index (χ1v) is 8.63. The Morgan fingerprint density at radius 2 is 1.86 bits per heavy atom. The van der Waals surface area contributed by atoms with E-state index in [-0.39, 0.29) is 23.9 Å². The largest absolute Gasteiger partial charge is 0.433 e. The molecule has 1 unspecified atom stereocenters. The Kier molecular flexibility index (Phi) is 5.53. The number of rotatable bonds is 5. The van der Waals surface area contributed by atoms with E-state index < -0.39 is 17.5 Å². The van der Waals surface area contributed by atoms with Crippen LogP contribution in [0.25, 0.3) is 11.5 Å². The minimum absolute atomic E-state index is 0.0784. The number of nitrogens with zero attached hydrogens (tertiary/aromatic N) is 3. The van der Waals surface area contributed by atoms with Crippen molar-refractivity contribution in [1.82, 2.24) is 15.0 Å². The summed E-state index contributed by atoms with van der Waals surface area (Å²) in [7, 11) is 0. The molecule has 0 fully saturated rings. The Hall–Kier alpha value is -2.71. The quantitative estimate of drug-likeness (QED) is 0.649. The van der Waals surface area contributed by atoms with Gasteiger partial charge in [-0.05, 0) is 36.8 Å². The molecule has 0 amide bonds. The zero-order valence-electron chi connectivity index (χ0n) is 14.7. The highest BCUT2D eigenvalue weighted by Gasteiger charge is 2.34. The normalized spacial score (nSPS) is 13.8. The van der Waals surface area contributed by atoms with E-state index in [0.717, 1.165) is 6.07 Å². The van der Waals surface area contributed by atoms with Gasteiger partial charge in [-0.2, -0.15) is 13.2 Å². The number of aliphatic hydroxyl groups is 1. The van der Waals surface area contributed by atoms with Crippen molar-refractivity contribution in [2.45, 2.75) is 18.7 Å². The van der Waals surface area contributed by atoms with Gasteiger partial charge in [-0.15, -0.1) is 0 Å². The van der Waals surface area contributed by atoms with Crippen molar-refractivity contribution in [1.29, 1.82) is 0 Å². The van der Waals surface area contributed by atoms with Crippen LogP contribution in [0.2, 0.25) is 5.02 Å². The molecule has 9 heteroatoms. The number of benzene rings is 1. The van der Waals surface area contributed by atoms with Crippen molar-refractivity contribution in [2.75, 3.05) is 11.9 Å². The SMILES string of the molecule is CC(O)(CNc1cc(C(F)(F)F)nc(-c2ccccn2)n1)c1cccc(Cl)c1. The monoisotopic (exact) mass is 408 g/mol. The topological polar surface area (TPSA) is 70.9 Å². The predicted octanol–water partition coefficient (Wildman–Crippen LogP) is 4.53. The van der Waals surface area contributed by atoms with Crippen LogP contribution in [-0.4, -0.2) is 26.6 Å². The standard InChI is InChI=1S/C19H16ClF3N4O/c1-18(28,12-5-4-6-13(20)9-12)11-25-16-10-15(19(21,22)23)26-17(27-16)14-7-2-3-8-24-14/h2-10,28H,11H2,1H3,(H,25,26,27). The molecule has 0 aliphatic carbocycles. The summed E-state index contributed by atoms with van der Waals surface area (Å²) in [6.45, 7) is 1.43. The molecule has 146 valence electrons. The number of hydrogen-bond acceptors (Lipinski definition) is 5. The number of anilines is 1. The molecule has 0 aliphatic heterocycles. The zero-order valence-corrected chi connectivity index (χ0v) is 15.5. The summed E-state index contributed by atoms with van der Waals surface area (Å²) in [5.74, 6) is -0.245. The summed E-state index contributed by atoms with van der Waals surface area (Å²) in [6.07, 6.45) is -3.21. The summed E-state index contributed by atoms with van der Waals surface area (Å²) in [6, 6.07) is 12.2. The lowest BCUT2D eigenvalue weighted by Crippen LogP contribution is -2.31. The fraction of sp³-hybridized carbons (Fsp3) is 0.211. The lowest BCUT2D eigenvalue weighted by molar-refractivity contribution is -0.141. The van der Waals surface area contributed by atoms with Crippen molar-refractivity contribution in [3.8, 4) is 11.5 Å². The first-order valence-electron chi connectivity index (χ1n) is 8.25. The first-order chi connectivity index (χ1) is 13.1. The second-order valence-electron chi connectivity index (χ2n) is 6.31. The third kappa shape index (κ3) is 4.76. The van der Waals surface area contributed by atoms with E-state index in [1.807, 2.05) is 0 Å². The maximum Gasteiger partial charge on any atom is 0.433 e. The van der Waals surface area contributed by atoms with Gasteiger partial charge in [-0.1, -0.05) is 29.8 Å². The number of alkyl halides is 3. The van der Waals surface area contributed by atoms with Crippen molar-refractivity contribution in [3.63, 3.8) is 0 Å². The van der Waals surface area contributed by atoms with Gasteiger partial charge in [0.25, 0.3) is 0 Å². The number of hydrogen-bond donors (Lipinski definition) is 2. The Morgan fingerprint density at radius 3 is 2.50 bits per heavy atom. The molecule has 0 spiro atoms. The molecule has 2 heterocycles. The van der Waals surface area contributed by atoms with E-state index in [2.05, 4.69) is 20.3 Å². The van der Waals surface area contributed by atoms with E-state index in [1.165, 1.54) is 19.2 Å². The first kappa shape index (κ1) is 20.0. The molecule has 0 saturated heterocycles. The van der Waals surface area contributed by atoms with E-state index >= 15 is 0 Å². The molecule has 3 aromatic rings. The van der Waals surface area contributed by atoms with Crippen LogP contribution in [0.5, 0.6) is 0 Å². The van der Waals surface area contributed by atoms with Gasteiger partial charge in [0.2, 0.25) is 0 Å². The third-order valence-corrected chi connectivity index (χ3v) is 4.21. The fourth-order valence-electron chi connectivity index (χ4n) is 2.48. The molecule has 5 nitrogen and oxygen atoms in total.